The van der Waals surface area contributed by atoms with E-state index in [9.17, 15) is 4.79 Å². The topological polar surface area (TPSA) is 29.5 Å². The van der Waals surface area contributed by atoms with Gasteiger partial charge in [0.1, 0.15) is 5.60 Å². The third kappa shape index (κ3) is 8.05. The smallest absolute Gasteiger partial charge is 0.306 e. The molecule has 0 spiro atoms. The van der Waals surface area contributed by atoms with Crippen molar-refractivity contribution < 1.29 is 9.53 Å². The fourth-order valence-electron chi connectivity index (χ4n) is 1.04. The van der Waals surface area contributed by atoms with E-state index in [4.69, 9.17) is 4.74 Å². The Morgan fingerprint density at radius 3 is 2.36 bits per heavy atom. The minimum absolute atomic E-state index is 0.0954. The SMILES string of the molecule is CCN(C)CCCC(=O)OC(C)(C)C. The molecule has 0 aromatic carbocycles. The average Bonchev–Trinajstić information content (AvgIpc) is 2.00. The van der Waals surface area contributed by atoms with Gasteiger partial charge in [0.05, 0.1) is 0 Å². The van der Waals surface area contributed by atoms with Crippen LogP contribution in [0.4, 0.5) is 0 Å². The third-order valence-corrected chi connectivity index (χ3v) is 1.88. The molecular formula is C11H23NO2. The molecular weight excluding hydrogens is 178 g/mol. The van der Waals surface area contributed by atoms with Crippen LogP contribution in [0.3, 0.4) is 0 Å². The number of carbonyl (C=O) groups excluding carboxylic acids is 1. The predicted molar refractivity (Wildman–Crippen MR) is 58.3 cm³/mol. The van der Waals surface area contributed by atoms with Crippen LogP contribution in [0.5, 0.6) is 0 Å². The molecule has 0 heterocycles. The van der Waals surface area contributed by atoms with Crippen molar-refractivity contribution in [1.29, 1.82) is 0 Å². The molecule has 0 rings (SSSR count). The highest BCUT2D eigenvalue weighted by Gasteiger charge is 2.15. The van der Waals surface area contributed by atoms with E-state index >= 15 is 0 Å². The lowest BCUT2D eigenvalue weighted by atomic mass is 10.2. The predicted octanol–water partition coefficient (Wildman–Crippen LogP) is 2.06. The van der Waals surface area contributed by atoms with Gasteiger partial charge >= 0.3 is 5.97 Å². The highest BCUT2D eigenvalue weighted by atomic mass is 16.6. The summed E-state index contributed by atoms with van der Waals surface area (Å²) >= 11 is 0. The number of rotatable bonds is 5. The average molecular weight is 201 g/mol. The summed E-state index contributed by atoms with van der Waals surface area (Å²) in [5.74, 6) is -0.0954. The molecule has 0 aromatic heterocycles. The van der Waals surface area contributed by atoms with Gasteiger partial charge in [0, 0.05) is 6.42 Å². The lowest BCUT2D eigenvalue weighted by Crippen LogP contribution is -2.25. The maximum atomic E-state index is 11.3. The molecule has 0 radical (unpaired) electrons. The van der Waals surface area contributed by atoms with Gasteiger partial charge in [-0.15, -0.1) is 0 Å². The molecule has 0 saturated heterocycles. The van der Waals surface area contributed by atoms with E-state index in [0.29, 0.717) is 6.42 Å². The van der Waals surface area contributed by atoms with Crippen molar-refractivity contribution in [2.45, 2.75) is 46.1 Å². The first-order valence-corrected chi connectivity index (χ1v) is 5.25. The molecule has 3 heteroatoms. The van der Waals surface area contributed by atoms with Gasteiger partial charge in [-0.2, -0.15) is 0 Å². The third-order valence-electron chi connectivity index (χ3n) is 1.88. The molecule has 0 aromatic rings. The molecule has 14 heavy (non-hydrogen) atoms. The van der Waals surface area contributed by atoms with Gasteiger partial charge in [-0.25, -0.2) is 0 Å². The molecule has 84 valence electrons. The summed E-state index contributed by atoms with van der Waals surface area (Å²) in [5.41, 5.74) is -0.353. The maximum absolute atomic E-state index is 11.3. The first-order chi connectivity index (χ1) is 6.35. The van der Waals surface area contributed by atoms with Gasteiger partial charge in [-0.05, 0) is 47.3 Å². The van der Waals surface area contributed by atoms with Crippen LogP contribution in [0.15, 0.2) is 0 Å². The normalized spacial score (nSPS) is 11.9. The Balaban J connectivity index is 3.55. The molecule has 0 N–H and O–H groups in total. The quantitative estimate of drug-likeness (QED) is 0.638. The Morgan fingerprint density at radius 1 is 1.36 bits per heavy atom. The Labute approximate surface area is 87.4 Å². The van der Waals surface area contributed by atoms with Crippen LogP contribution in [0.1, 0.15) is 40.5 Å². The lowest BCUT2D eigenvalue weighted by molar-refractivity contribution is -0.154. The van der Waals surface area contributed by atoms with Gasteiger partial charge in [0.25, 0.3) is 0 Å². The van der Waals surface area contributed by atoms with E-state index in [1.807, 2.05) is 20.8 Å². The molecule has 0 bridgehead atoms. The van der Waals surface area contributed by atoms with Crippen LogP contribution in [0.25, 0.3) is 0 Å². The lowest BCUT2D eigenvalue weighted by Gasteiger charge is -2.20. The van der Waals surface area contributed by atoms with Crippen molar-refractivity contribution in [1.82, 2.24) is 4.90 Å². The Morgan fingerprint density at radius 2 is 1.93 bits per heavy atom. The molecule has 0 atom stereocenters. The number of hydrogen-bond donors (Lipinski definition) is 0. The summed E-state index contributed by atoms with van der Waals surface area (Å²) in [5, 5.41) is 0. The molecule has 0 aliphatic heterocycles. The Hall–Kier alpha value is -0.570. The molecule has 0 aliphatic carbocycles. The van der Waals surface area contributed by atoms with Crippen LogP contribution in [-0.4, -0.2) is 36.6 Å². The minimum atomic E-state index is -0.353. The van der Waals surface area contributed by atoms with Gasteiger partial charge in [0.2, 0.25) is 0 Å². The summed E-state index contributed by atoms with van der Waals surface area (Å²) in [6.45, 7) is 9.76. The fraction of sp³-hybridized carbons (Fsp3) is 0.909. The van der Waals surface area contributed by atoms with Crippen LogP contribution in [0, 0.1) is 0 Å². The van der Waals surface area contributed by atoms with Crippen molar-refractivity contribution in [3.63, 3.8) is 0 Å². The molecule has 3 nitrogen and oxygen atoms in total. The zero-order valence-corrected chi connectivity index (χ0v) is 10.1. The minimum Gasteiger partial charge on any atom is -0.460 e. The molecule has 0 amide bonds. The second-order valence-corrected chi connectivity index (χ2v) is 4.59. The first kappa shape index (κ1) is 13.4. The summed E-state index contributed by atoms with van der Waals surface area (Å²) in [4.78, 5) is 13.5. The number of nitrogens with zero attached hydrogens (tertiary/aromatic N) is 1. The number of carbonyl (C=O) groups is 1. The Bertz CT molecular complexity index is 173. The van der Waals surface area contributed by atoms with E-state index in [1.165, 1.54) is 0 Å². The molecule has 0 aliphatic rings. The van der Waals surface area contributed by atoms with Crippen molar-refractivity contribution in [2.24, 2.45) is 0 Å². The van der Waals surface area contributed by atoms with Crippen molar-refractivity contribution in [3.05, 3.63) is 0 Å². The zero-order chi connectivity index (χ0) is 11.2. The molecule has 0 unspecified atom stereocenters. The van der Waals surface area contributed by atoms with Crippen LogP contribution in [-0.2, 0) is 9.53 Å². The van der Waals surface area contributed by atoms with Gasteiger partial charge < -0.3 is 9.64 Å². The highest BCUT2D eigenvalue weighted by Crippen LogP contribution is 2.09. The van der Waals surface area contributed by atoms with Crippen molar-refractivity contribution in [2.75, 3.05) is 20.1 Å². The fourth-order valence-corrected chi connectivity index (χ4v) is 1.04. The second kappa shape index (κ2) is 6.02. The summed E-state index contributed by atoms with van der Waals surface area (Å²) in [7, 11) is 2.05. The maximum Gasteiger partial charge on any atom is 0.306 e. The second-order valence-electron chi connectivity index (χ2n) is 4.59. The number of esters is 1. The monoisotopic (exact) mass is 201 g/mol. The standard InChI is InChI=1S/C11H23NO2/c1-6-12(5)9-7-8-10(13)14-11(2,3)4/h6-9H2,1-5H3. The van der Waals surface area contributed by atoms with Crippen LogP contribution >= 0.6 is 0 Å². The van der Waals surface area contributed by atoms with E-state index in [1.54, 1.807) is 0 Å². The van der Waals surface area contributed by atoms with E-state index < -0.39 is 0 Å². The van der Waals surface area contributed by atoms with Crippen LogP contribution in [0.2, 0.25) is 0 Å². The van der Waals surface area contributed by atoms with E-state index in [2.05, 4.69) is 18.9 Å². The summed E-state index contributed by atoms with van der Waals surface area (Å²) in [6, 6.07) is 0. The van der Waals surface area contributed by atoms with E-state index in [-0.39, 0.29) is 11.6 Å². The van der Waals surface area contributed by atoms with Gasteiger partial charge in [0.15, 0.2) is 0 Å². The summed E-state index contributed by atoms with van der Waals surface area (Å²) < 4.78 is 5.20. The van der Waals surface area contributed by atoms with Gasteiger partial charge in [-0.1, -0.05) is 6.92 Å². The highest BCUT2D eigenvalue weighted by molar-refractivity contribution is 5.69. The largest absolute Gasteiger partial charge is 0.460 e. The number of ether oxygens (including phenoxy) is 1. The van der Waals surface area contributed by atoms with E-state index in [0.717, 1.165) is 19.5 Å². The Kier molecular flexibility index (Phi) is 5.77. The summed E-state index contributed by atoms with van der Waals surface area (Å²) in [6.07, 6.45) is 1.39. The molecule has 0 saturated carbocycles. The van der Waals surface area contributed by atoms with Crippen molar-refractivity contribution in [3.8, 4) is 0 Å². The van der Waals surface area contributed by atoms with Crippen LogP contribution < -0.4 is 0 Å². The zero-order valence-electron chi connectivity index (χ0n) is 10.1. The first-order valence-electron chi connectivity index (χ1n) is 5.25. The van der Waals surface area contributed by atoms with Crippen molar-refractivity contribution >= 4 is 5.97 Å². The number of hydrogen-bond acceptors (Lipinski definition) is 3. The molecule has 0 fully saturated rings. The van der Waals surface area contributed by atoms with Gasteiger partial charge in [-0.3, -0.25) is 4.79 Å².